The Hall–Kier alpha value is -0.340. The predicted molar refractivity (Wildman–Crippen MR) is 32.7 cm³/mol. The van der Waals surface area contributed by atoms with Gasteiger partial charge in [0.1, 0.15) is 0 Å². The Bertz CT molecular complexity index is 112. The Labute approximate surface area is 46.9 Å². The zero-order valence-electron chi connectivity index (χ0n) is 4.14. The fourth-order valence-corrected chi connectivity index (χ4v) is 0.998. The summed E-state index contributed by atoms with van der Waals surface area (Å²) in [5.74, 6) is 0. The third-order valence-corrected chi connectivity index (χ3v) is 1.46. The molecule has 1 heterocycles. The van der Waals surface area contributed by atoms with Crippen LogP contribution in [0, 0.1) is 6.92 Å². The summed E-state index contributed by atoms with van der Waals surface area (Å²) in [6, 6.07) is 2.10. The third kappa shape index (κ3) is 1.71. The molecule has 0 aliphatic carbocycles. The van der Waals surface area contributed by atoms with Gasteiger partial charge in [-0.1, -0.05) is 0 Å². The quantitative estimate of drug-likeness (QED) is 0.488. The molecule has 40 valence electrons. The van der Waals surface area contributed by atoms with Gasteiger partial charge in [-0.05, 0) is 29.3 Å². The first-order valence-electron chi connectivity index (χ1n) is 1.88. The molecule has 0 spiro atoms. The lowest BCUT2D eigenvalue weighted by Gasteiger charge is -1.65. The van der Waals surface area contributed by atoms with E-state index in [0.717, 1.165) is 0 Å². The first-order valence-corrected chi connectivity index (χ1v) is 2.82. The van der Waals surface area contributed by atoms with Gasteiger partial charge in [-0.25, -0.2) is 0 Å². The molecule has 0 saturated carbocycles. The molecular weight excluding hydrogens is 108 g/mol. The van der Waals surface area contributed by atoms with Crippen molar-refractivity contribution in [1.29, 1.82) is 0 Å². The molecule has 2 heteroatoms. The number of hydrogen-bond acceptors (Lipinski definition) is 1. The van der Waals surface area contributed by atoms with E-state index in [1.807, 2.05) is 0 Å². The van der Waals surface area contributed by atoms with Gasteiger partial charge >= 0.3 is 0 Å². The molecule has 0 fully saturated rings. The van der Waals surface area contributed by atoms with E-state index in [-0.39, 0.29) is 5.48 Å². The van der Waals surface area contributed by atoms with Crippen LogP contribution in [0.15, 0.2) is 16.8 Å². The molecule has 1 aromatic heterocycles. The maximum atomic E-state index is 2.12. The van der Waals surface area contributed by atoms with Crippen molar-refractivity contribution in [2.24, 2.45) is 0 Å². The van der Waals surface area contributed by atoms with E-state index < -0.39 is 0 Å². The standard InChI is InChI=1S/C5H6S.H2O/c1-5-2-3-6-4-5;/h2-4H,1H3;1H2. The van der Waals surface area contributed by atoms with Gasteiger partial charge in [0.2, 0.25) is 0 Å². The Kier molecular flexibility index (Phi) is 2.64. The summed E-state index contributed by atoms with van der Waals surface area (Å²) in [4.78, 5) is 0. The second-order valence-electron chi connectivity index (χ2n) is 1.30. The van der Waals surface area contributed by atoms with Crippen molar-refractivity contribution in [2.75, 3.05) is 0 Å². The van der Waals surface area contributed by atoms with Crippen LogP contribution in [-0.2, 0) is 0 Å². The van der Waals surface area contributed by atoms with Gasteiger partial charge in [0, 0.05) is 0 Å². The molecule has 0 radical (unpaired) electrons. The van der Waals surface area contributed by atoms with Crippen LogP contribution in [0.1, 0.15) is 5.56 Å². The molecule has 0 unspecified atom stereocenters. The number of aryl methyl sites for hydroxylation is 1. The minimum Gasteiger partial charge on any atom is -0.412 e. The summed E-state index contributed by atoms with van der Waals surface area (Å²) in [6.07, 6.45) is 0. The molecule has 7 heavy (non-hydrogen) atoms. The van der Waals surface area contributed by atoms with E-state index in [9.17, 15) is 0 Å². The molecular formula is C5H8OS. The average Bonchev–Trinajstić information content (AvgIpc) is 1.86. The molecule has 0 amide bonds. The van der Waals surface area contributed by atoms with Gasteiger partial charge in [0.15, 0.2) is 0 Å². The first kappa shape index (κ1) is 6.66. The SMILES string of the molecule is Cc1ccsc1.O. The molecule has 0 aromatic carbocycles. The van der Waals surface area contributed by atoms with E-state index in [1.165, 1.54) is 5.56 Å². The third-order valence-electron chi connectivity index (χ3n) is 0.663. The number of rotatable bonds is 0. The van der Waals surface area contributed by atoms with Crippen LogP contribution >= 0.6 is 11.3 Å². The van der Waals surface area contributed by atoms with Crippen LogP contribution in [-0.4, -0.2) is 5.48 Å². The fraction of sp³-hybridized carbons (Fsp3) is 0.200. The van der Waals surface area contributed by atoms with Gasteiger partial charge < -0.3 is 5.48 Å². The van der Waals surface area contributed by atoms with Crippen molar-refractivity contribution in [3.63, 3.8) is 0 Å². The minimum absolute atomic E-state index is 0. The van der Waals surface area contributed by atoms with Gasteiger partial charge in [0.25, 0.3) is 0 Å². The van der Waals surface area contributed by atoms with E-state index >= 15 is 0 Å². The van der Waals surface area contributed by atoms with Crippen molar-refractivity contribution in [3.05, 3.63) is 22.4 Å². The highest BCUT2D eigenvalue weighted by molar-refractivity contribution is 7.07. The number of hydrogen-bond donors (Lipinski definition) is 0. The molecule has 2 N–H and O–H groups in total. The smallest absolute Gasteiger partial charge is 0.00641 e. The summed E-state index contributed by atoms with van der Waals surface area (Å²) < 4.78 is 0. The van der Waals surface area contributed by atoms with Crippen molar-refractivity contribution < 1.29 is 5.48 Å². The second kappa shape index (κ2) is 2.77. The fourth-order valence-electron chi connectivity index (χ4n) is 0.333. The van der Waals surface area contributed by atoms with Crippen LogP contribution in [0.25, 0.3) is 0 Å². The van der Waals surface area contributed by atoms with Crippen molar-refractivity contribution in [2.45, 2.75) is 6.92 Å². The minimum atomic E-state index is 0. The van der Waals surface area contributed by atoms with E-state index in [4.69, 9.17) is 0 Å². The normalized spacial score (nSPS) is 7.57. The number of thiophene rings is 1. The lowest BCUT2D eigenvalue weighted by atomic mass is 10.4. The highest BCUT2D eigenvalue weighted by Gasteiger charge is 1.74. The van der Waals surface area contributed by atoms with Gasteiger partial charge in [0.05, 0.1) is 0 Å². The predicted octanol–water partition coefficient (Wildman–Crippen LogP) is 1.23. The highest BCUT2D eigenvalue weighted by atomic mass is 32.1. The second-order valence-corrected chi connectivity index (χ2v) is 2.08. The van der Waals surface area contributed by atoms with Gasteiger partial charge in [-0.2, -0.15) is 11.3 Å². The summed E-state index contributed by atoms with van der Waals surface area (Å²) in [7, 11) is 0. The topological polar surface area (TPSA) is 31.5 Å². The molecule has 1 nitrogen and oxygen atoms in total. The molecule has 0 aliphatic rings. The molecule has 0 bridgehead atoms. The molecule has 1 rings (SSSR count). The van der Waals surface area contributed by atoms with E-state index in [0.29, 0.717) is 0 Å². The lowest BCUT2D eigenvalue weighted by molar-refractivity contribution is 0.824. The van der Waals surface area contributed by atoms with E-state index in [2.05, 4.69) is 23.8 Å². The maximum absolute atomic E-state index is 2.12. The summed E-state index contributed by atoms with van der Waals surface area (Å²) in [5, 5.41) is 4.20. The Morgan fingerprint density at radius 2 is 2.29 bits per heavy atom. The Balaban J connectivity index is 0.000000360. The summed E-state index contributed by atoms with van der Waals surface area (Å²) in [5.41, 5.74) is 1.36. The summed E-state index contributed by atoms with van der Waals surface area (Å²) >= 11 is 1.74. The highest BCUT2D eigenvalue weighted by Crippen LogP contribution is 2.01. The molecule has 0 saturated heterocycles. The zero-order chi connectivity index (χ0) is 4.41. The zero-order valence-corrected chi connectivity index (χ0v) is 4.96. The average molecular weight is 116 g/mol. The lowest BCUT2D eigenvalue weighted by Crippen LogP contribution is -1.47. The Morgan fingerprint density at radius 1 is 1.57 bits per heavy atom. The molecule has 1 aromatic rings. The van der Waals surface area contributed by atoms with Crippen molar-refractivity contribution in [3.8, 4) is 0 Å². The summed E-state index contributed by atoms with van der Waals surface area (Å²) in [6.45, 7) is 2.09. The van der Waals surface area contributed by atoms with Crippen molar-refractivity contribution >= 4 is 11.3 Å². The van der Waals surface area contributed by atoms with E-state index in [1.54, 1.807) is 11.3 Å². The Morgan fingerprint density at radius 3 is 2.43 bits per heavy atom. The van der Waals surface area contributed by atoms with Crippen molar-refractivity contribution in [1.82, 2.24) is 0 Å². The van der Waals surface area contributed by atoms with Crippen LogP contribution < -0.4 is 0 Å². The van der Waals surface area contributed by atoms with Crippen LogP contribution in [0.5, 0.6) is 0 Å². The van der Waals surface area contributed by atoms with Crippen LogP contribution in [0.4, 0.5) is 0 Å². The van der Waals surface area contributed by atoms with Crippen LogP contribution in [0.3, 0.4) is 0 Å². The first-order chi connectivity index (χ1) is 2.89. The van der Waals surface area contributed by atoms with Gasteiger partial charge in [-0.15, -0.1) is 0 Å². The maximum Gasteiger partial charge on any atom is -0.00641 e. The van der Waals surface area contributed by atoms with Crippen LogP contribution in [0.2, 0.25) is 0 Å². The monoisotopic (exact) mass is 116 g/mol. The molecule has 0 atom stereocenters. The largest absolute Gasteiger partial charge is 0.412 e. The molecule has 0 aliphatic heterocycles. The van der Waals surface area contributed by atoms with Gasteiger partial charge in [-0.3, -0.25) is 0 Å².